The molecule has 0 saturated heterocycles. The van der Waals surface area contributed by atoms with E-state index in [2.05, 4.69) is 10.0 Å². The van der Waals surface area contributed by atoms with Crippen molar-refractivity contribution in [3.8, 4) is 0 Å². The van der Waals surface area contributed by atoms with Crippen LogP contribution in [0.15, 0.2) is 77.7 Å². The zero-order chi connectivity index (χ0) is 23.4. The van der Waals surface area contributed by atoms with E-state index in [1.807, 2.05) is 0 Å². The fourth-order valence-corrected chi connectivity index (χ4v) is 4.99. The molecule has 0 saturated carbocycles. The van der Waals surface area contributed by atoms with Gasteiger partial charge in [0.1, 0.15) is 0 Å². The third-order valence-corrected chi connectivity index (χ3v) is 6.86. The summed E-state index contributed by atoms with van der Waals surface area (Å²) >= 11 is 5.89. The minimum absolute atomic E-state index is 0.0515. The van der Waals surface area contributed by atoms with Crippen LogP contribution in [-0.2, 0) is 32.2 Å². The van der Waals surface area contributed by atoms with Crippen LogP contribution in [0, 0.1) is 0 Å². The molecule has 0 aromatic heterocycles. The Hall–Kier alpha value is -2.88. The van der Waals surface area contributed by atoms with E-state index in [0.717, 1.165) is 5.56 Å². The van der Waals surface area contributed by atoms with Gasteiger partial charge in [0.2, 0.25) is 0 Å². The maximum Gasteiger partial charge on any atom is 0.261 e. The van der Waals surface area contributed by atoms with E-state index >= 15 is 0 Å². The van der Waals surface area contributed by atoms with Gasteiger partial charge < -0.3 is 5.32 Å². The summed E-state index contributed by atoms with van der Waals surface area (Å²) < 4.78 is 50.5. The number of amides is 1. The van der Waals surface area contributed by atoms with Crippen molar-refractivity contribution in [1.29, 1.82) is 0 Å². The first-order valence-electron chi connectivity index (χ1n) is 9.44. The standard InChI is InChI=1S/C22H21ClN2O5S2/c1-31(27,28)15-17-10-8-16(9-11-17)14-24-22(26)18-4-2-7-21(12-18)32(29,30)25-20-6-3-5-19(23)13-20/h2-13,25H,14-15H2,1H3,(H,24,26). The number of halogens is 1. The molecule has 0 atom stereocenters. The van der Waals surface area contributed by atoms with Crippen molar-refractivity contribution in [2.24, 2.45) is 0 Å². The summed E-state index contributed by atoms with van der Waals surface area (Å²) in [6.45, 7) is 0.204. The molecule has 10 heteroatoms. The average Bonchev–Trinajstić information content (AvgIpc) is 2.72. The predicted octanol–water partition coefficient (Wildman–Crippen LogP) is 3.62. The average molecular weight is 493 g/mol. The lowest BCUT2D eigenvalue weighted by molar-refractivity contribution is 0.0950. The molecule has 0 fully saturated rings. The summed E-state index contributed by atoms with van der Waals surface area (Å²) in [6, 6.07) is 18.8. The molecular weight excluding hydrogens is 472 g/mol. The lowest BCUT2D eigenvalue weighted by Gasteiger charge is -2.10. The second-order valence-electron chi connectivity index (χ2n) is 7.21. The Labute approximate surface area is 192 Å². The van der Waals surface area contributed by atoms with Gasteiger partial charge in [-0.25, -0.2) is 16.8 Å². The summed E-state index contributed by atoms with van der Waals surface area (Å²) in [4.78, 5) is 12.5. The summed E-state index contributed by atoms with van der Waals surface area (Å²) in [7, 11) is -7.03. The van der Waals surface area contributed by atoms with Gasteiger partial charge in [0, 0.05) is 23.4 Å². The van der Waals surface area contributed by atoms with Crippen molar-refractivity contribution in [3.63, 3.8) is 0 Å². The number of sulfone groups is 1. The molecule has 0 unspecified atom stereocenters. The van der Waals surface area contributed by atoms with Crippen molar-refractivity contribution in [2.75, 3.05) is 11.0 Å². The van der Waals surface area contributed by atoms with Gasteiger partial charge in [0.15, 0.2) is 9.84 Å². The fourth-order valence-electron chi connectivity index (χ4n) is 2.91. The predicted molar refractivity (Wildman–Crippen MR) is 125 cm³/mol. The van der Waals surface area contributed by atoms with E-state index in [-0.39, 0.29) is 22.8 Å². The quantitative estimate of drug-likeness (QED) is 0.499. The van der Waals surface area contributed by atoms with E-state index in [0.29, 0.717) is 16.3 Å². The number of rotatable bonds is 8. The number of benzene rings is 3. The van der Waals surface area contributed by atoms with E-state index in [1.54, 1.807) is 42.5 Å². The summed E-state index contributed by atoms with van der Waals surface area (Å²) in [5.41, 5.74) is 1.94. The number of nitrogens with one attached hydrogen (secondary N) is 2. The maximum atomic E-state index is 12.7. The van der Waals surface area contributed by atoms with Crippen molar-refractivity contribution in [2.45, 2.75) is 17.2 Å². The Morgan fingerprint density at radius 3 is 2.19 bits per heavy atom. The lowest BCUT2D eigenvalue weighted by Crippen LogP contribution is -2.23. The number of carbonyl (C=O) groups is 1. The zero-order valence-corrected chi connectivity index (χ0v) is 19.5. The molecule has 2 N–H and O–H groups in total. The Morgan fingerprint density at radius 2 is 1.53 bits per heavy atom. The van der Waals surface area contributed by atoms with Gasteiger partial charge in [0.25, 0.3) is 15.9 Å². The van der Waals surface area contributed by atoms with Crippen LogP contribution in [0.3, 0.4) is 0 Å². The smallest absolute Gasteiger partial charge is 0.261 e. The van der Waals surface area contributed by atoms with Crippen LogP contribution in [0.2, 0.25) is 5.02 Å². The molecule has 0 spiro atoms. The van der Waals surface area contributed by atoms with Gasteiger partial charge in [-0.2, -0.15) is 0 Å². The molecule has 1 amide bonds. The van der Waals surface area contributed by atoms with Gasteiger partial charge in [0.05, 0.1) is 16.3 Å². The largest absolute Gasteiger partial charge is 0.348 e. The monoisotopic (exact) mass is 492 g/mol. The van der Waals surface area contributed by atoms with Gasteiger partial charge in [-0.1, -0.05) is 48.0 Å². The van der Waals surface area contributed by atoms with E-state index in [9.17, 15) is 21.6 Å². The molecule has 3 aromatic carbocycles. The number of hydrogen-bond acceptors (Lipinski definition) is 5. The van der Waals surface area contributed by atoms with Crippen LogP contribution >= 0.6 is 11.6 Å². The third-order valence-electron chi connectivity index (χ3n) is 4.39. The van der Waals surface area contributed by atoms with Crippen LogP contribution in [0.5, 0.6) is 0 Å². The summed E-state index contributed by atoms with van der Waals surface area (Å²) in [5.74, 6) is -0.491. The molecular formula is C22H21ClN2O5S2. The van der Waals surface area contributed by atoms with Crippen LogP contribution in [0.1, 0.15) is 21.5 Å². The SMILES string of the molecule is CS(=O)(=O)Cc1ccc(CNC(=O)c2cccc(S(=O)(=O)Nc3cccc(Cl)c3)c2)cc1. The van der Waals surface area contributed by atoms with Crippen molar-refractivity contribution >= 4 is 43.1 Å². The van der Waals surface area contributed by atoms with Crippen LogP contribution in [0.4, 0.5) is 5.69 Å². The Morgan fingerprint density at radius 1 is 0.875 bits per heavy atom. The second-order valence-corrected chi connectivity index (χ2v) is 11.5. The van der Waals surface area contributed by atoms with E-state index in [4.69, 9.17) is 11.6 Å². The van der Waals surface area contributed by atoms with Crippen LogP contribution in [-0.4, -0.2) is 29.0 Å². The van der Waals surface area contributed by atoms with Crippen molar-refractivity contribution < 1.29 is 21.6 Å². The maximum absolute atomic E-state index is 12.7. The molecule has 3 aromatic rings. The molecule has 32 heavy (non-hydrogen) atoms. The third kappa shape index (κ3) is 6.81. The van der Waals surface area contributed by atoms with Gasteiger partial charge >= 0.3 is 0 Å². The number of hydrogen-bond donors (Lipinski definition) is 2. The molecule has 0 heterocycles. The number of anilines is 1. The summed E-state index contributed by atoms with van der Waals surface area (Å²) in [5, 5.41) is 3.12. The minimum atomic E-state index is -3.91. The highest BCUT2D eigenvalue weighted by atomic mass is 35.5. The molecule has 0 aliphatic rings. The first kappa shape index (κ1) is 23.8. The Bertz CT molecular complexity index is 1340. The highest BCUT2D eigenvalue weighted by Gasteiger charge is 2.17. The molecule has 168 valence electrons. The fraction of sp³-hybridized carbons (Fsp3) is 0.136. The summed E-state index contributed by atoms with van der Waals surface area (Å²) in [6.07, 6.45) is 1.17. The zero-order valence-electron chi connectivity index (χ0n) is 17.1. The van der Waals surface area contributed by atoms with Crippen molar-refractivity contribution in [1.82, 2.24) is 5.32 Å². The number of carbonyl (C=O) groups excluding carboxylic acids is 1. The van der Waals surface area contributed by atoms with Gasteiger partial charge in [-0.3, -0.25) is 9.52 Å². The Kier molecular flexibility index (Phi) is 7.22. The molecule has 0 radical (unpaired) electrons. The molecule has 0 bridgehead atoms. The topological polar surface area (TPSA) is 109 Å². The first-order chi connectivity index (χ1) is 15.0. The molecule has 3 rings (SSSR count). The lowest BCUT2D eigenvalue weighted by atomic mass is 10.1. The van der Waals surface area contributed by atoms with Gasteiger partial charge in [-0.05, 0) is 47.5 Å². The number of sulfonamides is 1. The highest BCUT2D eigenvalue weighted by molar-refractivity contribution is 7.92. The Balaban J connectivity index is 1.67. The van der Waals surface area contributed by atoms with Gasteiger partial charge in [-0.15, -0.1) is 0 Å². The normalized spacial score (nSPS) is 11.7. The molecule has 0 aliphatic heterocycles. The first-order valence-corrected chi connectivity index (χ1v) is 13.4. The molecule has 7 nitrogen and oxygen atoms in total. The second kappa shape index (κ2) is 9.72. The highest BCUT2D eigenvalue weighted by Crippen LogP contribution is 2.20. The van der Waals surface area contributed by atoms with Crippen molar-refractivity contribution in [3.05, 3.63) is 94.5 Å². The van der Waals surface area contributed by atoms with E-state index < -0.39 is 25.8 Å². The molecule has 0 aliphatic carbocycles. The van der Waals surface area contributed by atoms with Crippen LogP contribution in [0.25, 0.3) is 0 Å². The minimum Gasteiger partial charge on any atom is -0.348 e. The van der Waals surface area contributed by atoms with E-state index in [1.165, 1.54) is 36.6 Å². The van der Waals surface area contributed by atoms with Crippen LogP contribution < -0.4 is 10.0 Å².